The Kier molecular flexibility index (Phi) is 4.94. The molecule has 0 unspecified atom stereocenters. The number of carbonyl (C=O) groups is 1. The Morgan fingerprint density at radius 3 is 2.77 bits per heavy atom. The number of amides is 1. The lowest BCUT2D eigenvalue weighted by Gasteiger charge is -2.05. The molecule has 118 valence electrons. The SMILES string of the molecule is CCC(=O)Nc1nnc(S(=O)(=O)Nc2ccc(F)c(Cl)c2)s1. The maximum atomic E-state index is 13.0. The zero-order chi connectivity index (χ0) is 16.3. The van der Waals surface area contributed by atoms with E-state index in [1.807, 2.05) is 0 Å². The highest BCUT2D eigenvalue weighted by Crippen LogP contribution is 2.25. The number of nitrogens with zero attached hydrogens (tertiary/aromatic N) is 2. The molecule has 11 heteroatoms. The van der Waals surface area contributed by atoms with Crippen LogP contribution in [0.15, 0.2) is 22.5 Å². The van der Waals surface area contributed by atoms with Crippen LogP contribution in [0.1, 0.15) is 13.3 Å². The van der Waals surface area contributed by atoms with E-state index in [0.717, 1.165) is 12.1 Å². The van der Waals surface area contributed by atoms with Gasteiger partial charge in [-0.05, 0) is 18.2 Å². The molecule has 1 amide bonds. The van der Waals surface area contributed by atoms with Crippen molar-refractivity contribution in [2.75, 3.05) is 10.0 Å². The predicted molar refractivity (Wildman–Crippen MR) is 81.0 cm³/mol. The van der Waals surface area contributed by atoms with E-state index in [-0.39, 0.29) is 32.5 Å². The third-order valence-corrected chi connectivity index (χ3v) is 5.25. The number of benzene rings is 1. The van der Waals surface area contributed by atoms with Gasteiger partial charge in [0.25, 0.3) is 14.4 Å². The van der Waals surface area contributed by atoms with Crippen LogP contribution in [0.3, 0.4) is 0 Å². The molecule has 1 aromatic heterocycles. The van der Waals surface area contributed by atoms with Crippen molar-refractivity contribution in [2.24, 2.45) is 0 Å². The Morgan fingerprint density at radius 1 is 1.41 bits per heavy atom. The molecule has 7 nitrogen and oxygen atoms in total. The van der Waals surface area contributed by atoms with Crippen molar-refractivity contribution in [3.8, 4) is 0 Å². The molecule has 0 atom stereocenters. The van der Waals surface area contributed by atoms with Gasteiger partial charge in [0.15, 0.2) is 0 Å². The van der Waals surface area contributed by atoms with Crippen molar-refractivity contribution in [2.45, 2.75) is 17.7 Å². The minimum atomic E-state index is -4.00. The maximum absolute atomic E-state index is 13.0. The first kappa shape index (κ1) is 16.6. The maximum Gasteiger partial charge on any atom is 0.291 e. The van der Waals surface area contributed by atoms with Gasteiger partial charge in [-0.25, -0.2) is 4.39 Å². The highest BCUT2D eigenvalue weighted by Gasteiger charge is 2.21. The molecule has 0 aliphatic rings. The molecular weight excluding hydrogens is 355 g/mol. The summed E-state index contributed by atoms with van der Waals surface area (Å²) >= 11 is 6.28. The molecular formula is C11H10ClFN4O3S2. The molecule has 0 radical (unpaired) electrons. The van der Waals surface area contributed by atoms with E-state index in [2.05, 4.69) is 20.2 Å². The lowest BCUT2D eigenvalue weighted by Crippen LogP contribution is -2.12. The van der Waals surface area contributed by atoms with Crippen LogP contribution in [0.4, 0.5) is 15.2 Å². The summed E-state index contributed by atoms with van der Waals surface area (Å²) < 4.78 is 39.1. The van der Waals surface area contributed by atoms with Crippen molar-refractivity contribution >= 4 is 49.7 Å². The third-order valence-electron chi connectivity index (χ3n) is 2.38. The molecule has 0 bridgehead atoms. The Balaban J connectivity index is 2.19. The van der Waals surface area contributed by atoms with E-state index in [0.29, 0.717) is 11.3 Å². The normalized spacial score (nSPS) is 11.2. The Bertz CT molecular complexity index is 809. The van der Waals surface area contributed by atoms with Crippen molar-refractivity contribution < 1.29 is 17.6 Å². The summed E-state index contributed by atoms with van der Waals surface area (Å²) in [6.07, 6.45) is 0.230. The molecule has 1 aromatic carbocycles. The van der Waals surface area contributed by atoms with E-state index in [1.165, 1.54) is 6.07 Å². The summed E-state index contributed by atoms with van der Waals surface area (Å²) in [7, 11) is -4.00. The van der Waals surface area contributed by atoms with E-state index in [4.69, 9.17) is 11.6 Å². The second-order valence-corrected chi connectivity index (χ2v) is 7.25. The second kappa shape index (κ2) is 6.55. The van der Waals surface area contributed by atoms with Crippen molar-refractivity contribution in [3.63, 3.8) is 0 Å². The number of anilines is 2. The number of rotatable bonds is 5. The monoisotopic (exact) mass is 364 g/mol. The molecule has 0 fully saturated rings. The first-order valence-electron chi connectivity index (χ1n) is 5.93. The molecule has 22 heavy (non-hydrogen) atoms. The summed E-state index contributed by atoms with van der Waals surface area (Å²) in [6.45, 7) is 1.65. The summed E-state index contributed by atoms with van der Waals surface area (Å²) in [5.41, 5.74) is 0.0840. The van der Waals surface area contributed by atoms with Crippen LogP contribution in [-0.2, 0) is 14.8 Å². The van der Waals surface area contributed by atoms with Crippen LogP contribution in [0.5, 0.6) is 0 Å². The molecule has 0 saturated carbocycles. The number of hydrogen-bond donors (Lipinski definition) is 2. The van der Waals surface area contributed by atoms with Gasteiger partial charge in [0.05, 0.1) is 10.7 Å². The van der Waals surface area contributed by atoms with Gasteiger partial charge in [-0.2, -0.15) is 8.42 Å². The Labute approximate surface area is 134 Å². The van der Waals surface area contributed by atoms with E-state index in [1.54, 1.807) is 6.92 Å². The van der Waals surface area contributed by atoms with Gasteiger partial charge < -0.3 is 5.32 Å². The molecule has 2 N–H and O–H groups in total. The standard InChI is InChI=1S/C11H10ClFN4O3S2/c1-2-9(18)14-10-15-16-11(21-10)22(19,20)17-6-3-4-8(13)7(12)5-6/h3-5,17H,2H2,1H3,(H,14,15,18). The zero-order valence-corrected chi connectivity index (χ0v) is 13.5. The number of carbonyl (C=O) groups excluding carboxylic acids is 1. The number of hydrogen-bond acceptors (Lipinski definition) is 6. The minimum Gasteiger partial charge on any atom is -0.301 e. The molecule has 2 aromatic rings. The number of sulfonamides is 1. The molecule has 0 saturated heterocycles. The number of aromatic nitrogens is 2. The summed E-state index contributed by atoms with van der Waals surface area (Å²) in [5.74, 6) is -0.969. The first-order chi connectivity index (χ1) is 10.3. The third kappa shape index (κ3) is 3.90. The van der Waals surface area contributed by atoms with Crippen LogP contribution in [0.25, 0.3) is 0 Å². The predicted octanol–water partition coefficient (Wildman–Crippen LogP) is 2.48. The van der Waals surface area contributed by atoms with Gasteiger partial charge in [-0.3, -0.25) is 9.52 Å². The second-order valence-electron chi connectivity index (χ2n) is 4.01. The van der Waals surface area contributed by atoms with Crippen molar-refractivity contribution in [1.29, 1.82) is 0 Å². The van der Waals surface area contributed by atoms with E-state index in [9.17, 15) is 17.6 Å². The van der Waals surface area contributed by atoms with Gasteiger partial charge in [0, 0.05) is 6.42 Å². The summed E-state index contributed by atoms with van der Waals surface area (Å²) in [6, 6.07) is 3.39. The summed E-state index contributed by atoms with van der Waals surface area (Å²) in [4.78, 5) is 11.2. The van der Waals surface area contributed by atoms with Gasteiger partial charge in [-0.15, -0.1) is 10.2 Å². The van der Waals surface area contributed by atoms with Crippen molar-refractivity contribution in [3.05, 3.63) is 29.0 Å². The number of nitrogens with one attached hydrogen (secondary N) is 2. The van der Waals surface area contributed by atoms with E-state index >= 15 is 0 Å². The molecule has 2 rings (SSSR count). The topological polar surface area (TPSA) is 101 Å². The lowest BCUT2D eigenvalue weighted by atomic mass is 10.3. The zero-order valence-electron chi connectivity index (χ0n) is 11.1. The van der Waals surface area contributed by atoms with E-state index < -0.39 is 15.8 Å². The summed E-state index contributed by atoms with van der Waals surface area (Å²) in [5, 5.41) is 9.35. The average Bonchev–Trinajstić information content (AvgIpc) is 2.92. The fourth-order valence-electron chi connectivity index (χ4n) is 1.33. The Morgan fingerprint density at radius 2 is 2.14 bits per heavy atom. The minimum absolute atomic E-state index is 0.0735. The molecule has 1 heterocycles. The average molecular weight is 365 g/mol. The van der Waals surface area contributed by atoms with Gasteiger partial charge >= 0.3 is 0 Å². The van der Waals surface area contributed by atoms with Gasteiger partial charge in [-0.1, -0.05) is 29.9 Å². The molecule has 0 spiro atoms. The van der Waals surface area contributed by atoms with Crippen LogP contribution in [-0.4, -0.2) is 24.5 Å². The number of halogens is 2. The smallest absolute Gasteiger partial charge is 0.291 e. The van der Waals surface area contributed by atoms with Crippen LogP contribution < -0.4 is 10.0 Å². The largest absolute Gasteiger partial charge is 0.301 e. The fourth-order valence-corrected chi connectivity index (χ4v) is 3.48. The molecule has 0 aliphatic carbocycles. The highest BCUT2D eigenvalue weighted by atomic mass is 35.5. The first-order valence-corrected chi connectivity index (χ1v) is 8.61. The fraction of sp³-hybridized carbons (Fsp3) is 0.182. The quantitative estimate of drug-likeness (QED) is 0.794. The van der Waals surface area contributed by atoms with Gasteiger partial charge in [0.2, 0.25) is 11.0 Å². The van der Waals surface area contributed by atoms with Crippen molar-refractivity contribution in [1.82, 2.24) is 10.2 Å². The Hall–Kier alpha value is -1.78. The van der Waals surface area contributed by atoms with Crippen LogP contribution >= 0.6 is 22.9 Å². The highest BCUT2D eigenvalue weighted by molar-refractivity contribution is 7.94. The van der Waals surface area contributed by atoms with Gasteiger partial charge in [0.1, 0.15) is 5.82 Å². The van der Waals surface area contributed by atoms with Crippen LogP contribution in [0.2, 0.25) is 5.02 Å². The molecule has 0 aliphatic heterocycles. The lowest BCUT2D eigenvalue weighted by molar-refractivity contribution is -0.115. The van der Waals surface area contributed by atoms with Crippen LogP contribution in [0, 0.1) is 5.82 Å².